The number of rotatable bonds is 2. The van der Waals surface area contributed by atoms with Crippen LogP contribution in [0.3, 0.4) is 0 Å². The molecule has 1 unspecified atom stereocenters. The highest BCUT2D eigenvalue weighted by molar-refractivity contribution is 9.10. The molecule has 1 N–H and O–H groups in total. The van der Waals surface area contributed by atoms with E-state index in [1.54, 1.807) is 10.6 Å². The Morgan fingerprint density at radius 2 is 2.04 bits per heavy atom. The first-order chi connectivity index (χ1) is 11.8. The minimum atomic E-state index is -0.662. The molecule has 134 valence electrons. The molecule has 2 aliphatic carbocycles. The van der Waals surface area contributed by atoms with Crippen molar-refractivity contribution >= 4 is 27.8 Å². The lowest BCUT2D eigenvalue weighted by Gasteiger charge is -2.39. The van der Waals surface area contributed by atoms with Gasteiger partial charge < -0.3 is 10.1 Å². The van der Waals surface area contributed by atoms with Crippen molar-refractivity contribution in [3.8, 4) is 0 Å². The molecule has 2 spiro atoms. The van der Waals surface area contributed by atoms with Crippen LogP contribution in [0.5, 0.6) is 0 Å². The van der Waals surface area contributed by atoms with E-state index in [1.165, 1.54) is 0 Å². The van der Waals surface area contributed by atoms with Gasteiger partial charge in [0, 0.05) is 0 Å². The molecule has 1 aromatic rings. The Hall–Kier alpha value is -1.63. The Balaban J connectivity index is 1.63. The maximum Gasteiger partial charge on any atom is 0.309 e. The lowest BCUT2D eigenvalue weighted by atomic mass is 9.78. The number of nitrogens with one attached hydrogen (secondary N) is 1. The van der Waals surface area contributed by atoms with Crippen LogP contribution in [0.15, 0.2) is 15.3 Å². The van der Waals surface area contributed by atoms with E-state index in [4.69, 9.17) is 4.74 Å². The van der Waals surface area contributed by atoms with Crippen LogP contribution in [0, 0.1) is 18.3 Å². The molecule has 0 radical (unpaired) electrons. The fraction of sp³-hybridized carbons (Fsp3) is 0.611. The second-order valence-electron chi connectivity index (χ2n) is 7.52. The van der Waals surface area contributed by atoms with Crippen molar-refractivity contribution < 1.29 is 14.3 Å². The fourth-order valence-electron chi connectivity index (χ4n) is 4.71. The van der Waals surface area contributed by atoms with Gasteiger partial charge in [-0.05, 0) is 78.9 Å². The third-order valence-corrected chi connectivity index (χ3v) is 6.74. The number of aryl methyl sites for hydroxylation is 1. The van der Waals surface area contributed by atoms with E-state index in [0.29, 0.717) is 29.6 Å². The maximum absolute atomic E-state index is 12.7. The average molecular weight is 409 g/mol. The number of aromatic nitrogens is 1. The van der Waals surface area contributed by atoms with E-state index < -0.39 is 5.66 Å². The Morgan fingerprint density at radius 3 is 2.68 bits per heavy atom. The monoisotopic (exact) mass is 408 g/mol. The summed E-state index contributed by atoms with van der Waals surface area (Å²) in [6, 6.07) is 1.70. The van der Waals surface area contributed by atoms with Gasteiger partial charge in [0.1, 0.15) is 11.4 Å². The van der Waals surface area contributed by atoms with Gasteiger partial charge in [-0.2, -0.15) is 0 Å². The SMILES string of the molecule is CCOC(=O)C1CC12CCC1(CC2)NC(=O)c2c(C)cc(Br)c(=O)n21. The van der Waals surface area contributed by atoms with Gasteiger partial charge >= 0.3 is 5.97 Å². The molecule has 1 aromatic heterocycles. The number of nitrogens with zero attached hydrogens (tertiary/aromatic N) is 1. The smallest absolute Gasteiger partial charge is 0.309 e. The number of amides is 1. The molecule has 25 heavy (non-hydrogen) atoms. The van der Waals surface area contributed by atoms with Crippen LogP contribution < -0.4 is 10.9 Å². The lowest BCUT2D eigenvalue weighted by Crippen LogP contribution is -2.50. The summed E-state index contributed by atoms with van der Waals surface area (Å²) in [5.74, 6) is -0.316. The number of carbonyl (C=O) groups excluding carboxylic acids is 2. The van der Waals surface area contributed by atoms with Crippen molar-refractivity contribution in [1.29, 1.82) is 0 Å². The highest BCUT2D eigenvalue weighted by Crippen LogP contribution is 2.64. The Kier molecular flexibility index (Phi) is 3.65. The van der Waals surface area contributed by atoms with Crippen LogP contribution in [-0.2, 0) is 15.2 Å². The number of pyridine rings is 1. The van der Waals surface area contributed by atoms with Crippen molar-refractivity contribution in [2.24, 2.45) is 11.3 Å². The zero-order chi connectivity index (χ0) is 18.0. The molecule has 1 amide bonds. The van der Waals surface area contributed by atoms with Gasteiger partial charge in [0.25, 0.3) is 11.5 Å². The molecule has 6 nitrogen and oxygen atoms in total. The van der Waals surface area contributed by atoms with E-state index in [2.05, 4.69) is 21.2 Å². The molecule has 1 atom stereocenters. The predicted octanol–water partition coefficient (Wildman–Crippen LogP) is 2.46. The molecule has 0 aromatic carbocycles. The maximum atomic E-state index is 12.7. The van der Waals surface area contributed by atoms with E-state index in [1.807, 2.05) is 13.8 Å². The molecule has 4 rings (SSSR count). The summed E-state index contributed by atoms with van der Waals surface area (Å²) in [4.78, 5) is 37.2. The minimum Gasteiger partial charge on any atom is -0.466 e. The van der Waals surface area contributed by atoms with E-state index in [0.717, 1.165) is 24.8 Å². The molecule has 2 heterocycles. The lowest BCUT2D eigenvalue weighted by molar-refractivity contribution is -0.146. The van der Waals surface area contributed by atoms with Crippen LogP contribution in [0.2, 0.25) is 0 Å². The number of halogens is 1. The average Bonchev–Trinajstić information content (AvgIpc) is 3.19. The zero-order valence-corrected chi connectivity index (χ0v) is 15.9. The normalized spacial score (nSPS) is 32.6. The van der Waals surface area contributed by atoms with Crippen LogP contribution in [0.4, 0.5) is 0 Å². The molecular formula is C18H21BrN2O4. The molecule has 0 bridgehead atoms. The first kappa shape index (κ1) is 16.8. The first-order valence-electron chi connectivity index (χ1n) is 8.75. The predicted molar refractivity (Wildman–Crippen MR) is 94.2 cm³/mol. The fourth-order valence-corrected chi connectivity index (χ4v) is 5.23. The number of esters is 1. The van der Waals surface area contributed by atoms with Crippen LogP contribution >= 0.6 is 15.9 Å². The first-order valence-corrected chi connectivity index (χ1v) is 9.55. The Bertz CT molecular complexity index is 836. The minimum absolute atomic E-state index is 0.00432. The molecule has 2 saturated carbocycles. The third-order valence-electron chi connectivity index (χ3n) is 6.17. The standard InChI is InChI=1S/C18H21BrN2O4/c1-3-25-16(24)11-9-17(11)4-6-18(7-5-17)20-14(22)13-10(2)8-12(19)15(23)21(13)18/h8,11H,3-7,9H2,1-2H3,(H,20,22). The number of ether oxygens (including phenoxy) is 1. The quantitative estimate of drug-likeness (QED) is 0.762. The molecular weight excluding hydrogens is 388 g/mol. The third kappa shape index (κ3) is 2.31. The van der Waals surface area contributed by atoms with Gasteiger partial charge in [-0.3, -0.25) is 19.0 Å². The highest BCUT2D eigenvalue weighted by Gasteiger charge is 2.62. The summed E-state index contributed by atoms with van der Waals surface area (Å²) in [5, 5.41) is 3.07. The van der Waals surface area contributed by atoms with Gasteiger partial charge in [0.2, 0.25) is 0 Å². The summed E-state index contributed by atoms with van der Waals surface area (Å²) in [7, 11) is 0. The molecule has 7 heteroatoms. The highest BCUT2D eigenvalue weighted by atomic mass is 79.9. The second kappa shape index (κ2) is 5.43. The van der Waals surface area contributed by atoms with Crippen molar-refractivity contribution in [1.82, 2.24) is 9.88 Å². The summed E-state index contributed by atoms with van der Waals surface area (Å²) >= 11 is 3.32. The summed E-state index contributed by atoms with van der Waals surface area (Å²) in [6.45, 7) is 4.07. The number of carbonyl (C=O) groups is 2. The number of hydrogen-bond acceptors (Lipinski definition) is 4. The number of hydrogen-bond donors (Lipinski definition) is 1. The summed E-state index contributed by atoms with van der Waals surface area (Å²) in [6.07, 6.45) is 3.81. The Morgan fingerprint density at radius 1 is 1.36 bits per heavy atom. The summed E-state index contributed by atoms with van der Waals surface area (Å²) < 4.78 is 7.28. The topological polar surface area (TPSA) is 77.4 Å². The second-order valence-corrected chi connectivity index (χ2v) is 8.38. The largest absolute Gasteiger partial charge is 0.466 e. The van der Waals surface area contributed by atoms with Crippen molar-refractivity contribution in [2.45, 2.75) is 51.6 Å². The van der Waals surface area contributed by atoms with E-state index in [-0.39, 0.29) is 28.8 Å². The van der Waals surface area contributed by atoms with Crippen LogP contribution in [0.1, 0.15) is 55.1 Å². The molecule has 1 aliphatic heterocycles. The van der Waals surface area contributed by atoms with E-state index >= 15 is 0 Å². The molecule has 0 saturated heterocycles. The van der Waals surface area contributed by atoms with Gasteiger partial charge in [0.15, 0.2) is 0 Å². The Labute approximate surface area is 154 Å². The van der Waals surface area contributed by atoms with Crippen molar-refractivity contribution in [2.75, 3.05) is 6.61 Å². The van der Waals surface area contributed by atoms with Gasteiger partial charge in [-0.15, -0.1) is 0 Å². The van der Waals surface area contributed by atoms with Crippen molar-refractivity contribution in [3.05, 3.63) is 32.2 Å². The van der Waals surface area contributed by atoms with E-state index in [9.17, 15) is 14.4 Å². The summed E-state index contributed by atoms with van der Waals surface area (Å²) in [5.41, 5.74) is 0.410. The van der Waals surface area contributed by atoms with Gasteiger partial charge in [0.05, 0.1) is 17.0 Å². The molecule has 2 fully saturated rings. The zero-order valence-electron chi connectivity index (χ0n) is 14.4. The number of fused-ring (bicyclic) bond motifs is 2. The molecule has 3 aliphatic rings. The van der Waals surface area contributed by atoms with Gasteiger partial charge in [-0.1, -0.05) is 0 Å². The van der Waals surface area contributed by atoms with Crippen LogP contribution in [0.25, 0.3) is 0 Å². The van der Waals surface area contributed by atoms with Crippen LogP contribution in [-0.4, -0.2) is 23.1 Å². The van der Waals surface area contributed by atoms with Gasteiger partial charge in [-0.25, -0.2) is 0 Å². The van der Waals surface area contributed by atoms with Crippen molar-refractivity contribution in [3.63, 3.8) is 0 Å².